The molecule has 0 atom stereocenters. The largest absolute Gasteiger partial charge is 0.497 e. The van der Waals surface area contributed by atoms with E-state index >= 15 is 0 Å². The third-order valence-electron chi connectivity index (χ3n) is 4.97. The number of benzene rings is 2. The Morgan fingerprint density at radius 3 is 2.15 bits per heavy atom. The number of hydrogen-bond acceptors (Lipinski definition) is 9. The molecule has 1 heterocycles. The third-order valence-corrected chi connectivity index (χ3v) is 5.94. The minimum absolute atomic E-state index is 0.141. The molecule has 0 aliphatic carbocycles. The number of carbonyl (C=O) groups is 1. The standard InChI is InChI=1S/C23H28N4O6S/c1-7-27-22(14-10-18(31-4)21(33-6)19(11-14)32-5)25-26-23(27)34-13-20(28)24-16-9-8-15(29-2)12-17(16)30-3/h8-12H,7,13H2,1-6H3,(H,24,28). The van der Waals surface area contributed by atoms with Crippen LogP contribution in [-0.4, -0.2) is 62.0 Å². The van der Waals surface area contributed by atoms with Gasteiger partial charge in [0.1, 0.15) is 11.5 Å². The highest BCUT2D eigenvalue weighted by Gasteiger charge is 2.20. The number of rotatable bonds is 11. The van der Waals surface area contributed by atoms with Crippen molar-refractivity contribution in [1.29, 1.82) is 0 Å². The highest BCUT2D eigenvalue weighted by Crippen LogP contribution is 2.41. The zero-order valence-electron chi connectivity index (χ0n) is 20.0. The molecule has 0 saturated heterocycles. The molecule has 3 rings (SSSR count). The molecule has 0 aliphatic heterocycles. The van der Waals surface area contributed by atoms with Crippen LogP contribution in [0, 0.1) is 0 Å². The lowest BCUT2D eigenvalue weighted by Crippen LogP contribution is -2.15. The Kier molecular flexibility index (Phi) is 8.47. The molecule has 0 radical (unpaired) electrons. The summed E-state index contributed by atoms with van der Waals surface area (Å²) < 4.78 is 28.8. The van der Waals surface area contributed by atoms with Crippen molar-refractivity contribution in [3.05, 3.63) is 30.3 Å². The van der Waals surface area contributed by atoms with Gasteiger partial charge in [-0.25, -0.2) is 0 Å². The molecular weight excluding hydrogens is 460 g/mol. The molecule has 0 aliphatic rings. The maximum atomic E-state index is 12.6. The lowest BCUT2D eigenvalue weighted by atomic mass is 10.1. The summed E-state index contributed by atoms with van der Waals surface area (Å²) in [6.07, 6.45) is 0. The van der Waals surface area contributed by atoms with Crippen LogP contribution in [0.2, 0.25) is 0 Å². The number of amides is 1. The zero-order chi connectivity index (χ0) is 24.7. The van der Waals surface area contributed by atoms with Crippen LogP contribution in [0.15, 0.2) is 35.5 Å². The van der Waals surface area contributed by atoms with Crippen molar-refractivity contribution in [2.45, 2.75) is 18.6 Å². The Bertz CT molecular complexity index is 1130. The fraction of sp³-hybridized carbons (Fsp3) is 0.348. The Hall–Kier alpha value is -3.60. The highest BCUT2D eigenvalue weighted by atomic mass is 32.2. The second-order valence-corrected chi connectivity index (χ2v) is 7.81. The SMILES string of the molecule is CCn1c(SCC(=O)Nc2ccc(OC)cc2OC)nnc1-c1cc(OC)c(OC)c(OC)c1. The van der Waals surface area contributed by atoms with Crippen molar-refractivity contribution in [3.8, 4) is 40.1 Å². The lowest BCUT2D eigenvalue weighted by molar-refractivity contribution is -0.113. The van der Waals surface area contributed by atoms with Crippen molar-refractivity contribution in [1.82, 2.24) is 14.8 Å². The summed E-state index contributed by atoms with van der Waals surface area (Å²) in [6.45, 7) is 2.59. The molecule has 34 heavy (non-hydrogen) atoms. The molecule has 0 spiro atoms. The van der Waals surface area contributed by atoms with E-state index in [0.29, 0.717) is 52.0 Å². The molecule has 1 amide bonds. The highest BCUT2D eigenvalue weighted by molar-refractivity contribution is 7.99. The van der Waals surface area contributed by atoms with E-state index < -0.39 is 0 Å². The molecule has 0 unspecified atom stereocenters. The number of nitrogens with one attached hydrogen (secondary N) is 1. The Labute approximate surface area is 202 Å². The predicted molar refractivity (Wildman–Crippen MR) is 130 cm³/mol. The van der Waals surface area contributed by atoms with E-state index in [1.54, 1.807) is 46.6 Å². The van der Waals surface area contributed by atoms with Gasteiger partial charge in [0, 0.05) is 18.2 Å². The van der Waals surface area contributed by atoms with Gasteiger partial charge in [0.15, 0.2) is 22.5 Å². The fourth-order valence-corrected chi connectivity index (χ4v) is 4.12. The van der Waals surface area contributed by atoms with Gasteiger partial charge in [-0.2, -0.15) is 0 Å². The van der Waals surface area contributed by atoms with E-state index in [2.05, 4.69) is 15.5 Å². The fourth-order valence-electron chi connectivity index (χ4n) is 3.32. The second-order valence-electron chi connectivity index (χ2n) is 6.87. The van der Waals surface area contributed by atoms with Crippen molar-refractivity contribution in [2.75, 3.05) is 46.6 Å². The number of thioether (sulfide) groups is 1. The summed E-state index contributed by atoms with van der Waals surface area (Å²) in [7, 11) is 7.77. The number of anilines is 1. The summed E-state index contributed by atoms with van der Waals surface area (Å²) in [5.74, 6) is 3.25. The molecule has 0 bridgehead atoms. The van der Waals surface area contributed by atoms with Crippen molar-refractivity contribution in [2.24, 2.45) is 0 Å². The van der Waals surface area contributed by atoms with Crippen LogP contribution >= 0.6 is 11.8 Å². The minimum Gasteiger partial charge on any atom is -0.497 e. The maximum Gasteiger partial charge on any atom is 0.234 e. The summed E-state index contributed by atoms with van der Waals surface area (Å²) in [4.78, 5) is 12.6. The van der Waals surface area contributed by atoms with Gasteiger partial charge >= 0.3 is 0 Å². The lowest BCUT2D eigenvalue weighted by Gasteiger charge is -2.14. The summed E-state index contributed by atoms with van der Waals surface area (Å²) in [5, 5.41) is 12.1. The van der Waals surface area contributed by atoms with E-state index in [4.69, 9.17) is 23.7 Å². The molecule has 10 nitrogen and oxygen atoms in total. The van der Waals surface area contributed by atoms with E-state index in [1.165, 1.54) is 18.9 Å². The average molecular weight is 489 g/mol. The first-order valence-corrected chi connectivity index (χ1v) is 11.4. The predicted octanol–water partition coefficient (Wildman–Crippen LogP) is 3.74. The number of aromatic nitrogens is 3. The minimum atomic E-state index is -0.201. The number of methoxy groups -OCH3 is 5. The van der Waals surface area contributed by atoms with Crippen LogP contribution in [0.25, 0.3) is 11.4 Å². The van der Waals surface area contributed by atoms with E-state index in [9.17, 15) is 4.79 Å². The van der Waals surface area contributed by atoms with E-state index in [1.807, 2.05) is 23.6 Å². The van der Waals surface area contributed by atoms with Crippen LogP contribution in [0.3, 0.4) is 0 Å². The third kappa shape index (κ3) is 5.30. The van der Waals surface area contributed by atoms with Crippen LogP contribution in [0.5, 0.6) is 28.7 Å². The second kappa shape index (κ2) is 11.5. The summed E-state index contributed by atoms with van der Waals surface area (Å²) in [6, 6.07) is 8.82. The van der Waals surface area contributed by atoms with Gasteiger partial charge in [0.2, 0.25) is 11.7 Å². The number of hydrogen-bond donors (Lipinski definition) is 1. The normalized spacial score (nSPS) is 10.5. The molecular formula is C23H28N4O6S. The Morgan fingerprint density at radius 2 is 1.59 bits per heavy atom. The molecule has 0 saturated carbocycles. The molecule has 1 N–H and O–H groups in total. The Balaban J connectivity index is 1.79. The first-order valence-electron chi connectivity index (χ1n) is 10.4. The topological polar surface area (TPSA) is 106 Å². The van der Waals surface area contributed by atoms with Gasteiger partial charge in [-0.3, -0.25) is 4.79 Å². The van der Waals surface area contributed by atoms with Gasteiger partial charge < -0.3 is 33.6 Å². The molecule has 11 heteroatoms. The smallest absolute Gasteiger partial charge is 0.234 e. The first-order chi connectivity index (χ1) is 16.5. The quantitative estimate of drug-likeness (QED) is 0.404. The van der Waals surface area contributed by atoms with Gasteiger partial charge in [-0.15, -0.1) is 10.2 Å². The number of ether oxygens (including phenoxy) is 5. The molecule has 182 valence electrons. The van der Waals surface area contributed by atoms with Gasteiger partial charge in [0.05, 0.1) is 47.0 Å². The monoisotopic (exact) mass is 488 g/mol. The van der Waals surface area contributed by atoms with E-state index in [0.717, 1.165) is 5.56 Å². The van der Waals surface area contributed by atoms with Gasteiger partial charge in [-0.05, 0) is 31.2 Å². The van der Waals surface area contributed by atoms with E-state index in [-0.39, 0.29) is 11.7 Å². The van der Waals surface area contributed by atoms with Crippen LogP contribution in [0.4, 0.5) is 5.69 Å². The van der Waals surface area contributed by atoms with Crippen LogP contribution in [-0.2, 0) is 11.3 Å². The molecule has 0 fully saturated rings. The number of nitrogens with zero attached hydrogens (tertiary/aromatic N) is 3. The zero-order valence-corrected chi connectivity index (χ0v) is 20.8. The van der Waals surface area contributed by atoms with Crippen molar-refractivity contribution < 1.29 is 28.5 Å². The van der Waals surface area contributed by atoms with Crippen LogP contribution in [0.1, 0.15) is 6.92 Å². The van der Waals surface area contributed by atoms with Crippen LogP contribution < -0.4 is 29.0 Å². The van der Waals surface area contributed by atoms with Crippen molar-refractivity contribution in [3.63, 3.8) is 0 Å². The summed E-state index contributed by atoms with van der Waals surface area (Å²) >= 11 is 1.29. The Morgan fingerprint density at radius 1 is 0.912 bits per heavy atom. The van der Waals surface area contributed by atoms with Gasteiger partial charge in [0.25, 0.3) is 0 Å². The molecule has 2 aromatic carbocycles. The number of carbonyl (C=O) groups excluding carboxylic acids is 1. The van der Waals surface area contributed by atoms with Gasteiger partial charge in [-0.1, -0.05) is 11.8 Å². The molecule has 3 aromatic rings. The van der Waals surface area contributed by atoms with Crippen molar-refractivity contribution >= 4 is 23.4 Å². The molecule has 1 aromatic heterocycles. The first kappa shape index (κ1) is 25.0. The average Bonchev–Trinajstić information content (AvgIpc) is 3.29. The maximum absolute atomic E-state index is 12.6. The summed E-state index contributed by atoms with van der Waals surface area (Å²) in [5.41, 5.74) is 1.31.